The van der Waals surface area contributed by atoms with Crippen molar-refractivity contribution in [2.75, 3.05) is 0 Å². The minimum atomic E-state index is 0.0464. The summed E-state index contributed by atoms with van der Waals surface area (Å²) in [5, 5.41) is 0. The van der Waals surface area contributed by atoms with Crippen LogP contribution >= 0.6 is 0 Å². The highest BCUT2D eigenvalue weighted by molar-refractivity contribution is 5.59. The SMILES string of the molecule is CC(C=O)[C@@H]1CC[C@@H](C)[C@@H]1C=O. The molecule has 2 nitrogen and oxygen atoms in total. The van der Waals surface area contributed by atoms with Crippen molar-refractivity contribution in [1.29, 1.82) is 0 Å². The normalized spacial score (nSPS) is 37.7. The van der Waals surface area contributed by atoms with E-state index in [1.165, 1.54) is 0 Å². The van der Waals surface area contributed by atoms with Gasteiger partial charge in [0.15, 0.2) is 0 Å². The van der Waals surface area contributed by atoms with E-state index in [2.05, 4.69) is 6.92 Å². The predicted octanol–water partition coefficient (Wildman–Crippen LogP) is 1.68. The van der Waals surface area contributed by atoms with Crippen molar-refractivity contribution in [3.63, 3.8) is 0 Å². The van der Waals surface area contributed by atoms with Crippen LogP contribution in [0.4, 0.5) is 0 Å². The summed E-state index contributed by atoms with van der Waals surface area (Å²) >= 11 is 0. The highest BCUT2D eigenvalue weighted by Crippen LogP contribution is 2.39. The third kappa shape index (κ3) is 1.57. The first-order valence-corrected chi connectivity index (χ1v) is 4.61. The molecule has 0 spiro atoms. The van der Waals surface area contributed by atoms with Gasteiger partial charge in [-0.15, -0.1) is 0 Å². The Bertz CT molecular complexity index is 177. The Hall–Kier alpha value is -0.660. The first-order chi connectivity index (χ1) is 5.70. The topological polar surface area (TPSA) is 34.1 Å². The minimum absolute atomic E-state index is 0.0464. The Morgan fingerprint density at radius 2 is 2.00 bits per heavy atom. The largest absolute Gasteiger partial charge is 0.303 e. The molecule has 0 saturated heterocycles. The number of hydrogen-bond donors (Lipinski definition) is 0. The van der Waals surface area contributed by atoms with Crippen molar-refractivity contribution >= 4 is 12.6 Å². The quantitative estimate of drug-likeness (QED) is 0.601. The molecule has 0 N–H and O–H groups in total. The van der Waals surface area contributed by atoms with E-state index in [-0.39, 0.29) is 11.8 Å². The van der Waals surface area contributed by atoms with E-state index in [9.17, 15) is 9.59 Å². The van der Waals surface area contributed by atoms with Crippen molar-refractivity contribution < 1.29 is 9.59 Å². The van der Waals surface area contributed by atoms with Gasteiger partial charge in [-0.3, -0.25) is 0 Å². The van der Waals surface area contributed by atoms with E-state index < -0.39 is 0 Å². The monoisotopic (exact) mass is 168 g/mol. The maximum Gasteiger partial charge on any atom is 0.123 e. The highest BCUT2D eigenvalue weighted by Gasteiger charge is 2.35. The van der Waals surface area contributed by atoms with E-state index in [1.54, 1.807) is 0 Å². The molecule has 1 unspecified atom stereocenters. The van der Waals surface area contributed by atoms with Crippen molar-refractivity contribution in [3.8, 4) is 0 Å². The van der Waals surface area contributed by atoms with Gasteiger partial charge in [0.25, 0.3) is 0 Å². The third-order valence-corrected chi connectivity index (χ3v) is 3.15. The van der Waals surface area contributed by atoms with Gasteiger partial charge in [0, 0.05) is 11.8 Å². The highest BCUT2D eigenvalue weighted by atomic mass is 16.1. The molecule has 2 heteroatoms. The molecular formula is C10H16O2. The molecule has 4 atom stereocenters. The van der Waals surface area contributed by atoms with Gasteiger partial charge in [0.1, 0.15) is 12.6 Å². The molecule has 0 radical (unpaired) electrons. The average molecular weight is 168 g/mol. The molecule has 68 valence electrons. The zero-order chi connectivity index (χ0) is 9.14. The van der Waals surface area contributed by atoms with E-state index in [4.69, 9.17) is 0 Å². The van der Waals surface area contributed by atoms with Gasteiger partial charge in [0.2, 0.25) is 0 Å². The number of hydrogen-bond acceptors (Lipinski definition) is 2. The molecule has 1 aliphatic rings. The molecule has 0 amide bonds. The summed E-state index contributed by atoms with van der Waals surface area (Å²) in [7, 11) is 0. The van der Waals surface area contributed by atoms with Crippen LogP contribution in [-0.2, 0) is 9.59 Å². The lowest BCUT2D eigenvalue weighted by atomic mass is 9.84. The first kappa shape index (κ1) is 9.43. The standard InChI is InChI=1S/C10H16O2/c1-7-3-4-9(8(2)5-11)10(7)6-12/h5-10H,3-4H2,1-2H3/t7-,8?,9+,10+/m1/s1. The maximum absolute atomic E-state index is 10.7. The fourth-order valence-corrected chi connectivity index (χ4v) is 2.21. The Morgan fingerprint density at radius 3 is 2.50 bits per heavy atom. The van der Waals surface area contributed by atoms with Gasteiger partial charge >= 0.3 is 0 Å². The van der Waals surface area contributed by atoms with E-state index in [0.717, 1.165) is 25.4 Å². The van der Waals surface area contributed by atoms with Gasteiger partial charge in [-0.05, 0) is 24.7 Å². The molecule has 0 aliphatic heterocycles. The average Bonchev–Trinajstić information content (AvgIpc) is 2.45. The smallest absolute Gasteiger partial charge is 0.123 e. The molecule has 0 bridgehead atoms. The van der Waals surface area contributed by atoms with Gasteiger partial charge in [-0.25, -0.2) is 0 Å². The lowest BCUT2D eigenvalue weighted by Gasteiger charge is -2.19. The summed E-state index contributed by atoms with van der Waals surface area (Å²) in [6, 6.07) is 0. The molecule has 12 heavy (non-hydrogen) atoms. The van der Waals surface area contributed by atoms with Crippen LogP contribution in [-0.4, -0.2) is 12.6 Å². The van der Waals surface area contributed by atoms with Crippen LogP contribution < -0.4 is 0 Å². The Labute approximate surface area is 73.3 Å². The summed E-state index contributed by atoms with van der Waals surface area (Å²) in [6.07, 6.45) is 4.12. The Morgan fingerprint density at radius 1 is 1.33 bits per heavy atom. The molecule has 1 fully saturated rings. The van der Waals surface area contributed by atoms with Crippen molar-refractivity contribution in [3.05, 3.63) is 0 Å². The number of aldehydes is 2. The summed E-state index contributed by atoms with van der Waals surface area (Å²) in [4.78, 5) is 21.3. The lowest BCUT2D eigenvalue weighted by Crippen LogP contribution is -2.21. The zero-order valence-corrected chi connectivity index (χ0v) is 7.69. The maximum atomic E-state index is 10.7. The van der Waals surface area contributed by atoms with Crippen LogP contribution in [0.5, 0.6) is 0 Å². The Balaban J connectivity index is 2.65. The van der Waals surface area contributed by atoms with E-state index in [1.807, 2.05) is 6.92 Å². The van der Waals surface area contributed by atoms with Crippen LogP contribution in [0.2, 0.25) is 0 Å². The van der Waals surface area contributed by atoms with Crippen molar-refractivity contribution in [2.24, 2.45) is 23.7 Å². The van der Waals surface area contributed by atoms with Gasteiger partial charge in [-0.2, -0.15) is 0 Å². The predicted molar refractivity (Wildman–Crippen MR) is 46.7 cm³/mol. The molecule has 0 aromatic rings. The molecule has 0 aromatic heterocycles. The summed E-state index contributed by atoms with van der Waals surface area (Å²) in [5.41, 5.74) is 0. The fourth-order valence-electron chi connectivity index (χ4n) is 2.21. The van der Waals surface area contributed by atoms with Crippen LogP contribution in [0, 0.1) is 23.7 Å². The first-order valence-electron chi connectivity index (χ1n) is 4.61. The molecule has 0 aromatic carbocycles. The second-order valence-corrected chi connectivity index (χ2v) is 3.93. The molecular weight excluding hydrogens is 152 g/mol. The molecule has 1 aliphatic carbocycles. The van der Waals surface area contributed by atoms with Crippen LogP contribution in [0.25, 0.3) is 0 Å². The van der Waals surface area contributed by atoms with Gasteiger partial charge in [0.05, 0.1) is 0 Å². The number of rotatable bonds is 3. The molecule has 1 saturated carbocycles. The van der Waals surface area contributed by atoms with Gasteiger partial charge in [-0.1, -0.05) is 13.8 Å². The summed E-state index contributed by atoms with van der Waals surface area (Å²) in [6.45, 7) is 4.00. The van der Waals surface area contributed by atoms with Gasteiger partial charge < -0.3 is 9.59 Å². The second kappa shape index (κ2) is 3.83. The van der Waals surface area contributed by atoms with Crippen molar-refractivity contribution in [2.45, 2.75) is 26.7 Å². The second-order valence-electron chi connectivity index (χ2n) is 3.93. The third-order valence-electron chi connectivity index (χ3n) is 3.15. The van der Waals surface area contributed by atoms with Crippen LogP contribution in [0.1, 0.15) is 26.7 Å². The van der Waals surface area contributed by atoms with Crippen molar-refractivity contribution in [1.82, 2.24) is 0 Å². The van der Waals surface area contributed by atoms with E-state index >= 15 is 0 Å². The molecule has 1 rings (SSSR count). The van der Waals surface area contributed by atoms with Crippen LogP contribution in [0.15, 0.2) is 0 Å². The lowest BCUT2D eigenvalue weighted by molar-refractivity contribution is -0.116. The Kier molecular flexibility index (Phi) is 3.01. The fraction of sp³-hybridized carbons (Fsp3) is 0.800. The number of carbonyl (C=O) groups is 2. The summed E-state index contributed by atoms with van der Waals surface area (Å²) < 4.78 is 0. The summed E-state index contributed by atoms with van der Waals surface area (Å²) in [5.74, 6) is 0.931. The minimum Gasteiger partial charge on any atom is -0.303 e. The number of carbonyl (C=O) groups excluding carboxylic acids is 2. The van der Waals surface area contributed by atoms with E-state index in [0.29, 0.717) is 11.8 Å². The zero-order valence-electron chi connectivity index (χ0n) is 7.69. The molecule has 0 heterocycles. The van der Waals surface area contributed by atoms with Crippen LogP contribution in [0.3, 0.4) is 0 Å².